The molecule has 0 aliphatic carbocycles. The Morgan fingerprint density at radius 1 is 1.00 bits per heavy atom. The molecule has 0 spiro atoms. The van der Waals surface area contributed by atoms with Crippen LogP contribution in [0.2, 0.25) is 0 Å². The maximum Gasteiger partial charge on any atom is 0.270 e. The lowest BCUT2D eigenvalue weighted by Crippen LogP contribution is -2.41. The fourth-order valence-corrected chi connectivity index (χ4v) is 2.71. The number of nitrogens with zero attached hydrogens (tertiary/aromatic N) is 2. The summed E-state index contributed by atoms with van der Waals surface area (Å²) in [5.74, 6) is 1.67. The van der Waals surface area contributed by atoms with Crippen LogP contribution in [0.25, 0.3) is 11.4 Å². The Hall–Kier alpha value is -3.41. The Labute approximate surface area is 171 Å². The van der Waals surface area contributed by atoms with E-state index in [1.54, 1.807) is 13.2 Å². The first-order valence-corrected chi connectivity index (χ1v) is 9.48. The maximum atomic E-state index is 12.7. The molecule has 150 valence electrons. The van der Waals surface area contributed by atoms with Gasteiger partial charge in [0, 0.05) is 23.7 Å². The zero-order valence-electron chi connectivity index (χ0n) is 17.2. The highest BCUT2D eigenvalue weighted by atomic mass is 16.5. The van der Waals surface area contributed by atoms with Crippen LogP contribution in [-0.4, -0.2) is 28.5 Å². The van der Waals surface area contributed by atoms with E-state index in [0.29, 0.717) is 23.9 Å². The van der Waals surface area contributed by atoms with Gasteiger partial charge in [-0.1, -0.05) is 42.5 Å². The van der Waals surface area contributed by atoms with E-state index in [4.69, 9.17) is 4.74 Å². The summed E-state index contributed by atoms with van der Waals surface area (Å²) in [5, 5.41) is 6.25. The van der Waals surface area contributed by atoms with Crippen LogP contribution in [0, 0.1) is 0 Å². The Morgan fingerprint density at radius 3 is 2.31 bits per heavy atom. The summed E-state index contributed by atoms with van der Waals surface area (Å²) in [7, 11) is 1.64. The van der Waals surface area contributed by atoms with E-state index in [9.17, 15) is 4.79 Å². The van der Waals surface area contributed by atoms with Crippen LogP contribution in [0.15, 0.2) is 60.7 Å². The normalized spacial score (nSPS) is 11.0. The van der Waals surface area contributed by atoms with Gasteiger partial charge in [-0.25, -0.2) is 9.97 Å². The van der Waals surface area contributed by atoms with Crippen LogP contribution in [0.1, 0.15) is 36.8 Å². The van der Waals surface area contributed by atoms with Gasteiger partial charge in [0.1, 0.15) is 17.3 Å². The summed E-state index contributed by atoms with van der Waals surface area (Å²) in [6, 6.07) is 19.1. The number of hydrogen-bond acceptors (Lipinski definition) is 5. The highest BCUT2D eigenvalue weighted by Crippen LogP contribution is 2.19. The molecule has 3 aromatic rings. The van der Waals surface area contributed by atoms with Crippen LogP contribution in [0.4, 0.5) is 5.82 Å². The third-order valence-corrected chi connectivity index (χ3v) is 4.11. The van der Waals surface area contributed by atoms with Crippen molar-refractivity contribution in [2.45, 2.75) is 32.9 Å². The lowest BCUT2D eigenvalue weighted by molar-refractivity contribution is 0.0914. The van der Waals surface area contributed by atoms with Gasteiger partial charge in [-0.2, -0.15) is 0 Å². The van der Waals surface area contributed by atoms with E-state index in [2.05, 4.69) is 20.6 Å². The van der Waals surface area contributed by atoms with Gasteiger partial charge in [0.05, 0.1) is 7.11 Å². The van der Waals surface area contributed by atoms with Crippen molar-refractivity contribution in [3.8, 4) is 17.1 Å². The van der Waals surface area contributed by atoms with Crippen molar-refractivity contribution in [1.29, 1.82) is 0 Å². The van der Waals surface area contributed by atoms with Gasteiger partial charge in [-0.15, -0.1) is 0 Å². The molecule has 0 bridgehead atoms. The Bertz CT molecular complexity index is 964. The molecule has 0 fully saturated rings. The number of nitrogens with one attached hydrogen (secondary N) is 2. The number of carbonyl (C=O) groups excluding carboxylic acids is 1. The number of aromatic nitrogens is 2. The van der Waals surface area contributed by atoms with Crippen molar-refractivity contribution in [3.05, 3.63) is 71.9 Å². The zero-order chi connectivity index (χ0) is 20.9. The van der Waals surface area contributed by atoms with E-state index in [-0.39, 0.29) is 11.4 Å². The zero-order valence-corrected chi connectivity index (χ0v) is 17.2. The molecule has 29 heavy (non-hydrogen) atoms. The molecule has 0 saturated carbocycles. The van der Waals surface area contributed by atoms with Crippen molar-refractivity contribution in [2.75, 3.05) is 12.4 Å². The lowest BCUT2D eigenvalue weighted by Gasteiger charge is -2.20. The summed E-state index contributed by atoms with van der Waals surface area (Å²) in [4.78, 5) is 21.8. The number of rotatable bonds is 6. The number of benzene rings is 2. The summed E-state index contributed by atoms with van der Waals surface area (Å²) < 4.78 is 5.19. The van der Waals surface area contributed by atoms with Crippen molar-refractivity contribution < 1.29 is 9.53 Å². The second kappa shape index (κ2) is 8.73. The van der Waals surface area contributed by atoms with Crippen LogP contribution in [0.3, 0.4) is 0 Å². The molecule has 1 aromatic heterocycles. The monoisotopic (exact) mass is 390 g/mol. The summed E-state index contributed by atoms with van der Waals surface area (Å²) in [6.07, 6.45) is 0. The highest BCUT2D eigenvalue weighted by molar-refractivity contribution is 5.93. The molecule has 3 rings (SSSR count). The third kappa shape index (κ3) is 5.78. The standard InChI is InChI=1S/C23H26N4O2/c1-23(2,3)27-22(28)19-14-20(24-15-16-10-12-18(29-4)13-11-16)26-21(25-19)17-8-6-5-7-9-17/h5-14H,15H2,1-4H3,(H,27,28)(H,24,25,26). The molecule has 0 saturated heterocycles. The third-order valence-electron chi connectivity index (χ3n) is 4.11. The average Bonchev–Trinajstić information content (AvgIpc) is 2.72. The quantitative estimate of drug-likeness (QED) is 0.657. The van der Waals surface area contributed by atoms with E-state index >= 15 is 0 Å². The molecule has 2 N–H and O–H groups in total. The number of hydrogen-bond donors (Lipinski definition) is 2. The van der Waals surface area contributed by atoms with Crippen molar-refractivity contribution >= 4 is 11.7 Å². The van der Waals surface area contributed by atoms with Crippen LogP contribution in [0.5, 0.6) is 5.75 Å². The smallest absolute Gasteiger partial charge is 0.270 e. The first-order valence-electron chi connectivity index (χ1n) is 9.48. The molecule has 0 aliphatic heterocycles. The minimum Gasteiger partial charge on any atom is -0.497 e. The number of carbonyl (C=O) groups is 1. The van der Waals surface area contributed by atoms with E-state index in [1.165, 1.54) is 0 Å². The van der Waals surface area contributed by atoms with Gasteiger partial charge < -0.3 is 15.4 Å². The van der Waals surface area contributed by atoms with Gasteiger partial charge in [-0.05, 0) is 38.5 Å². The van der Waals surface area contributed by atoms with Gasteiger partial charge in [0.15, 0.2) is 5.82 Å². The molecule has 1 amide bonds. The first kappa shape index (κ1) is 20.3. The number of anilines is 1. The number of methoxy groups -OCH3 is 1. The fourth-order valence-electron chi connectivity index (χ4n) is 2.71. The molecular formula is C23H26N4O2. The number of ether oxygens (including phenoxy) is 1. The van der Waals surface area contributed by atoms with E-state index in [1.807, 2.05) is 75.4 Å². The average molecular weight is 390 g/mol. The van der Waals surface area contributed by atoms with Gasteiger partial charge >= 0.3 is 0 Å². The molecule has 0 aliphatic rings. The molecule has 6 heteroatoms. The van der Waals surface area contributed by atoms with E-state index in [0.717, 1.165) is 16.9 Å². The summed E-state index contributed by atoms with van der Waals surface area (Å²) >= 11 is 0. The van der Waals surface area contributed by atoms with Gasteiger partial charge in [0.2, 0.25) is 0 Å². The second-order valence-electron chi connectivity index (χ2n) is 7.73. The highest BCUT2D eigenvalue weighted by Gasteiger charge is 2.18. The number of amides is 1. The SMILES string of the molecule is COc1ccc(CNc2cc(C(=O)NC(C)(C)C)nc(-c3ccccc3)n2)cc1. The molecule has 0 radical (unpaired) electrons. The maximum absolute atomic E-state index is 12.7. The fraction of sp³-hybridized carbons (Fsp3) is 0.261. The first-order chi connectivity index (χ1) is 13.8. The molecule has 2 aromatic carbocycles. The van der Waals surface area contributed by atoms with Gasteiger partial charge in [-0.3, -0.25) is 4.79 Å². The Balaban J connectivity index is 1.88. The lowest BCUT2D eigenvalue weighted by atomic mass is 10.1. The van der Waals surface area contributed by atoms with Crippen LogP contribution in [-0.2, 0) is 6.54 Å². The van der Waals surface area contributed by atoms with Crippen LogP contribution < -0.4 is 15.4 Å². The predicted molar refractivity (Wildman–Crippen MR) is 115 cm³/mol. The van der Waals surface area contributed by atoms with Crippen molar-refractivity contribution in [3.63, 3.8) is 0 Å². The Kier molecular flexibility index (Phi) is 6.12. The Morgan fingerprint density at radius 2 is 1.69 bits per heavy atom. The van der Waals surface area contributed by atoms with Gasteiger partial charge in [0.25, 0.3) is 5.91 Å². The molecular weight excluding hydrogens is 364 g/mol. The molecule has 0 atom stereocenters. The largest absolute Gasteiger partial charge is 0.497 e. The predicted octanol–water partition coefficient (Wildman–Crippen LogP) is 4.29. The second-order valence-corrected chi connectivity index (χ2v) is 7.73. The minimum absolute atomic E-state index is 0.232. The topological polar surface area (TPSA) is 76.1 Å². The van der Waals surface area contributed by atoms with E-state index < -0.39 is 0 Å². The summed E-state index contributed by atoms with van der Waals surface area (Å²) in [5.41, 5.74) is 1.90. The van der Waals surface area contributed by atoms with Crippen molar-refractivity contribution in [1.82, 2.24) is 15.3 Å². The molecule has 1 heterocycles. The van der Waals surface area contributed by atoms with Crippen molar-refractivity contribution in [2.24, 2.45) is 0 Å². The molecule has 6 nitrogen and oxygen atoms in total. The minimum atomic E-state index is -0.356. The summed E-state index contributed by atoms with van der Waals surface area (Å²) in [6.45, 7) is 6.38. The molecule has 0 unspecified atom stereocenters. The van der Waals surface area contributed by atoms with Crippen LogP contribution >= 0.6 is 0 Å².